The highest BCUT2D eigenvalue weighted by Gasteiger charge is 2.13. The lowest BCUT2D eigenvalue weighted by atomic mass is 10.00. The first kappa shape index (κ1) is 19.4. The second-order valence-electron chi connectivity index (χ2n) is 5.49. The second kappa shape index (κ2) is 9.51. The SMILES string of the molecule is CC.COc1cc(C(C)C)c(OSc2ccc(C)cc2)cc1C. The van der Waals surface area contributed by atoms with Gasteiger partial charge in [0.25, 0.3) is 0 Å². The summed E-state index contributed by atoms with van der Waals surface area (Å²) in [5, 5.41) is 0. The number of hydrogen-bond donors (Lipinski definition) is 0. The van der Waals surface area contributed by atoms with Crippen LogP contribution in [0, 0.1) is 13.8 Å². The van der Waals surface area contributed by atoms with Crippen LogP contribution in [-0.4, -0.2) is 7.11 Å². The topological polar surface area (TPSA) is 18.5 Å². The van der Waals surface area contributed by atoms with Crippen molar-refractivity contribution in [2.75, 3.05) is 7.11 Å². The molecule has 2 aromatic rings. The molecule has 23 heavy (non-hydrogen) atoms. The Kier molecular flexibility index (Phi) is 8.04. The molecule has 0 saturated heterocycles. The van der Waals surface area contributed by atoms with Crippen LogP contribution in [0.4, 0.5) is 0 Å². The average Bonchev–Trinajstić information content (AvgIpc) is 2.56. The summed E-state index contributed by atoms with van der Waals surface area (Å²) in [5.74, 6) is 2.20. The van der Waals surface area contributed by atoms with Crippen LogP contribution in [0.15, 0.2) is 41.3 Å². The van der Waals surface area contributed by atoms with Gasteiger partial charge in [-0.3, -0.25) is 0 Å². The average molecular weight is 333 g/mol. The molecule has 0 aliphatic rings. The van der Waals surface area contributed by atoms with E-state index in [9.17, 15) is 0 Å². The molecule has 0 aromatic heterocycles. The first-order valence-electron chi connectivity index (χ1n) is 8.11. The minimum Gasteiger partial charge on any atom is -0.496 e. The number of rotatable bonds is 5. The van der Waals surface area contributed by atoms with Crippen LogP contribution in [0.25, 0.3) is 0 Å². The van der Waals surface area contributed by atoms with Gasteiger partial charge in [0.15, 0.2) is 0 Å². The summed E-state index contributed by atoms with van der Waals surface area (Å²) in [7, 11) is 1.70. The molecule has 0 amide bonds. The van der Waals surface area contributed by atoms with Gasteiger partial charge < -0.3 is 8.92 Å². The van der Waals surface area contributed by atoms with E-state index in [1.54, 1.807) is 7.11 Å². The molecule has 2 nitrogen and oxygen atoms in total. The number of ether oxygens (including phenoxy) is 1. The zero-order valence-electron chi connectivity index (χ0n) is 15.3. The number of hydrogen-bond acceptors (Lipinski definition) is 3. The van der Waals surface area contributed by atoms with Crippen LogP contribution >= 0.6 is 12.0 Å². The molecule has 0 bridgehead atoms. The van der Waals surface area contributed by atoms with E-state index in [1.165, 1.54) is 17.6 Å². The zero-order valence-corrected chi connectivity index (χ0v) is 16.1. The van der Waals surface area contributed by atoms with Crippen molar-refractivity contribution < 1.29 is 8.92 Å². The van der Waals surface area contributed by atoms with E-state index < -0.39 is 0 Å². The van der Waals surface area contributed by atoms with E-state index in [0.717, 1.165) is 27.5 Å². The van der Waals surface area contributed by atoms with Gasteiger partial charge in [0, 0.05) is 10.5 Å². The normalized spacial score (nSPS) is 10.1. The van der Waals surface area contributed by atoms with E-state index in [-0.39, 0.29) is 0 Å². The predicted molar refractivity (Wildman–Crippen MR) is 101 cm³/mol. The molecule has 2 rings (SSSR count). The van der Waals surface area contributed by atoms with Crippen molar-refractivity contribution in [3.63, 3.8) is 0 Å². The van der Waals surface area contributed by atoms with Crippen molar-refractivity contribution in [1.82, 2.24) is 0 Å². The summed E-state index contributed by atoms with van der Waals surface area (Å²) in [6, 6.07) is 12.5. The van der Waals surface area contributed by atoms with Crippen molar-refractivity contribution in [3.05, 3.63) is 53.1 Å². The van der Waals surface area contributed by atoms with Crippen LogP contribution in [0.5, 0.6) is 11.5 Å². The van der Waals surface area contributed by atoms with E-state index in [4.69, 9.17) is 8.92 Å². The predicted octanol–water partition coefficient (Wildman–Crippen LogP) is 6.55. The molecular formula is C20H28O2S. The molecule has 0 radical (unpaired) electrons. The van der Waals surface area contributed by atoms with Crippen LogP contribution in [0.3, 0.4) is 0 Å². The van der Waals surface area contributed by atoms with Crippen molar-refractivity contribution in [2.24, 2.45) is 0 Å². The standard InChI is InChI=1S/C18H22O2S.C2H6/c1-12(2)16-11-17(19-5)14(4)10-18(16)20-21-15-8-6-13(3)7-9-15;1-2/h6-12H,1-5H3;1-2H3. The van der Waals surface area contributed by atoms with Crippen molar-refractivity contribution >= 4 is 12.0 Å². The smallest absolute Gasteiger partial charge is 0.141 e. The fourth-order valence-electron chi connectivity index (χ4n) is 2.11. The molecule has 0 N–H and O–H groups in total. The molecule has 0 heterocycles. The molecular weight excluding hydrogens is 304 g/mol. The van der Waals surface area contributed by atoms with Crippen molar-refractivity contribution in [3.8, 4) is 11.5 Å². The van der Waals surface area contributed by atoms with Crippen molar-refractivity contribution in [2.45, 2.75) is 52.4 Å². The van der Waals surface area contributed by atoms with Gasteiger partial charge in [-0.05, 0) is 49.6 Å². The van der Waals surface area contributed by atoms with Gasteiger partial charge >= 0.3 is 0 Å². The molecule has 0 aliphatic heterocycles. The molecule has 0 atom stereocenters. The third-order valence-corrected chi connectivity index (χ3v) is 4.13. The molecule has 0 fully saturated rings. The minimum atomic E-state index is 0.383. The Morgan fingerprint density at radius 1 is 0.913 bits per heavy atom. The molecule has 0 aliphatic carbocycles. The summed E-state index contributed by atoms with van der Waals surface area (Å²) in [6.45, 7) is 12.4. The van der Waals surface area contributed by atoms with Crippen LogP contribution in [-0.2, 0) is 0 Å². The van der Waals surface area contributed by atoms with Gasteiger partial charge in [-0.25, -0.2) is 0 Å². The molecule has 0 unspecified atom stereocenters. The fourth-order valence-corrected chi connectivity index (χ4v) is 2.68. The lowest BCUT2D eigenvalue weighted by Crippen LogP contribution is -1.97. The van der Waals surface area contributed by atoms with Gasteiger partial charge in [0.05, 0.1) is 19.2 Å². The van der Waals surface area contributed by atoms with E-state index >= 15 is 0 Å². The van der Waals surface area contributed by atoms with Gasteiger partial charge in [-0.2, -0.15) is 0 Å². The maximum Gasteiger partial charge on any atom is 0.141 e. The van der Waals surface area contributed by atoms with Crippen molar-refractivity contribution in [1.29, 1.82) is 0 Å². The summed E-state index contributed by atoms with van der Waals surface area (Å²) >= 11 is 1.40. The van der Waals surface area contributed by atoms with E-state index in [2.05, 4.69) is 57.2 Å². The Morgan fingerprint density at radius 3 is 2.04 bits per heavy atom. The molecule has 0 spiro atoms. The maximum absolute atomic E-state index is 5.97. The van der Waals surface area contributed by atoms with Crippen LogP contribution in [0.1, 0.15) is 50.3 Å². The Hall–Kier alpha value is -1.61. The third-order valence-electron chi connectivity index (χ3n) is 3.40. The highest BCUT2D eigenvalue weighted by Crippen LogP contribution is 2.36. The summed E-state index contributed by atoms with van der Waals surface area (Å²) in [4.78, 5) is 1.10. The zero-order chi connectivity index (χ0) is 17.4. The first-order valence-corrected chi connectivity index (χ1v) is 8.85. The molecule has 3 heteroatoms. The highest BCUT2D eigenvalue weighted by molar-refractivity contribution is 7.95. The Labute approximate surface area is 145 Å². The van der Waals surface area contributed by atoms with Gasteiger partial charge in [0.2, 0.25) is 0 Å². The number of aryl methyl sites for hydroxylation is 2. The largest absolute Gasteiger partial charge is 0.496 e. The lowest BCUT2D eigenvalue weighted by Gasteiger charge is -2.16. The Bertz CT molecular complexity index is 604. The quantitative estimate of drug-likeness (QED) is 0.579. The van der Waals surface area contributed by atoms with Crippen LogP contribution < -0.4 is 8.92 Å². The van der Waals surface area contributed by atoms with E-state index in [0.29, 0.717) is 5.92 Å². The number of benzene rings is 2. The maximum atomic E-state index is 5.97. The summed E-state index contributed by atoms with van der Waals surface area (Å²) in [5.41, 5.74) is 3.50. The fraction of sp³-hybridized carbons (Fsp3) is 0.400. The molecule has 2 aromatic carbocycles. The Balaban J connectivity index is 0.00000127. The van der Waals surface area contributed by atoms with Gasteiger partial charge in [0.1, 0.15) is 11.5 Å². The number of methoxy groups -OCH3 is 1. The molecule has 0 saturated carbocycles. The Morgan fingerprint density at radius 2 is 1.52 bits per heavy atom. The van der Waals surface area contributed by atoms with Gasteiger partial charge in [-0.1, -0.05) is 45.4 Å². The lowest BCUT2D eigenvalue weighted by molar-refractivity contribution is 0.410. The summed E-state index contributed by atoms with van der Waals surface area (Å²) in [6.07, 6.45) is 0. The third kappa shape index (κ3) is 5.51. The second-order valence-corrected chi connectivity index (χ2v) is 6.30. The summed E-state index contributed by atoms with van der Waals surface area (Å²) < 4.78 is 11.4. The van der Waals surface area contributed by atoms with Crippen LogP contribution in [0.2, 0.25) is 0 Å². The minimum absolute atomic E-state index is 0.383. The molecule has 126 valence electrons. The van der Waals surface area contributed by atoms with Gasteiger partial charge in [-0.15, -0.1) is 0 Å². The highest BCUT2D eigenvalue weighted by atomic mass is 32.2. The first-order chi connectivity index (χ1) is 11.0. The monoisotopic (exact) mass is 332 g/mol. The van der Waals surface area contributed by atoms with E-state index in [1.807, 2.05) is 20.8 Å².